The molecule has 2 aliphatic heterocycles. The Kier molecular flexibility index (Phi) is 5.65. The number of nitrogens with zero attached hydrogens (tertiary/aromatic N) is 2. The second-order valence-electron chi connectivity index (χ2n) is 9.10. The molecule has 0 fully saturated rings. The van der Waals surface area contributed by atoms with Crippen LogP contribution in [-0.4, -0.2) is 24.8 Å². The number of ether oxygens (including phenoxy) is 4. The van der Waals surface area contributed by atoms with Crippen LogP contribution in [0.3, 0.4) is 0 Å². The first-order valence-electron chi connectivity index (χ1n) is 11.8. The summed E-state index contributed by atoms with van der Waals surface area (Å²) >= 11 is 0. The molecule has 39 heavy (non-hydrogen) atoms. The van der Waals surface area contributed by atoms with Crippen LogP contribution in [0.15, 0.2) is 54.7 Å². The molecule has 0 bridgehead atoms. The molecular weight excluding hydrogens is 531 g/mol. The molecule has 7 rings (SSSR count). The average molecular weight is 549 g/mol. The zero-order valence-electron chi connectivity index (χ0n) is 20.3. The molecular formula is C28H18ClFN2O7. The molecule has 11 heteroatoms. The number of hydrogen-bond donors (Lipinski definition) is 0. The molecule has 1 aromatic heterocycles. The Balaban J connectivity index is 0.00000277. The highest BCUT2D eigenvalue weighted by atomic mass is 35.5. The lowest BCUT2D eigenvalue weighted by Crippen LogP contribution is -3.00. The highest BCUT2D eigenvalue weighted by Crippen LogP contribution is 2.46. The van der Waals surface area contributed by atoms with Gasteiger partial charge in [0.2, 0.25) is 18.1 Å². The number of halogens is 2. The number of carbonyl (C=O) groups excluding carboxylic acids is 1. The third kappa shape index (κ3) is 3.59. The van der Waals surface area contributed by atoms with Crippen LogP contribution in [0, 0.1) is 15.9 Å². The van der Waals surface area contributed by atoms with Gasteiger partial charge in [-0.15, -0.1) is 0 Å². The molecule has 0 amide bonds. The predicted octanol–water partition coefficient (Wildman–Crippen LogP) is 2.00. The van der Waals surface area contributed by atoms with Gasteiger partial charge in [0, 0.05) is 23.3 Å². The van der Waals surface area contributed by atoms with Crippen LogP contribution >= 0.6 is 0 Å². The number of nitro groups is 1. The number of aromatic nitrogens is 1. The first-order chi connectivity index (χ1) is 18.4. The van der Waals surface area contributed by atoms with Gasteiger partial charge in [-0.05, 0) is 48.0 Å². The number of esters is 1. The molecule has 0 N–H and O–H groups in total. The highest BCUT2D eigenvalue weighted by molar-refractivity contribution is 6.17. The van der Waals surface area contributed by atoms with Crippen molar-refractivity contribution in [3.63, 3.8) is 0 Å². The fourth-order valence-corrected chi connectivity index (χ4v) is 5.43. The topological polar surface area (TPSA) is 101 Å². The van der Waals surface area contributed by atoms with Crippen molar-refractivity contribution in [1.82, 2.24) is 0 Å². The largest absolute Gasteiger partial charge is 1.00 e. The molecule has 4 aromatic carbocycles. The van der Waals surface area contributed by atoms with Crippen LogP contribution in [0.1, 0.15) is 15.9 Å². The maximum Gasteiger partial charge on any atom is 0.343 e. The maximum atomic E-state index is 13.8. The molecule has 0 spiro atoms. The molecule has 196 valence electrons. The Bertz CT molecular complexity index is 1890. The van der Waals surface area contributed by atoms with Crippen molar-refractivity contribution in [3.8, 4) is 23.0 Å². The Hall–Kier alpha value is -4.70. The van der Waals surface area contributed by atoms with Gasteiger partial charge in [-0.25, -0.2) is 4.79 Å². The van der Waals surface area contributed by atoms with E-state index in [4.69, 9.17) is 18.9 Å². The fourth-order valence-electron chi connectivity index (χ4n) is 5.43. The summed E-state index contributed by atoms with van der Waals surface area (Å²) < 4.78 is 38.6. The Labute approximate surface area is 225 Å². The number of carbonyl (C=O) groups is 1. The summed E-state index contributed by atoms with van der Waals surface area (Å²) in [4.78, 5) is 23.3. The van der Waals surface area contributed by atoms with Crippen LogP contribution in [0.25, 0.3) is 32.4 Å². The monoisotopic (exact) mass is 548 g/mol. The lowest BCUT2D eigenvalue weighted by molar-refractivity contribution is -0.670. The van der Waals surface area contributed by atoms with Gasteiger partial charge in [0.15, 0.2) is 35.7 Å². The van der Waals surface area contributed by atoms with Crippen molar-refractivity contribution in [1.29, 1.82) is 0 Å². The van der Waals surface area contributed by atoms with Gasteiger partial charge < -0.3 is 31.4 Å². The maximum absolute atomic E-state index is 13.8. The van der Waals surface area contributed by atoms with Gasteiger partial charge >= 0.3 is 11.7 Å². The molecule has 5 aromatic rings. The number of aryl methyl sites for hydroxylation is 2. The Morgan fingerprint density at radius 2 is 1.85 bits per heavy atom. The minimum atomic E-state index is -1.04. The predicted molar refractivity (Wildman–Crippen MR) is 134 cm³/mol. The molecule has 0 saturated carbocycles. The number of pyridine rings is 1. The minimum absolute atomic E-state index is 0. The van der Waals surface area contributed by atoms with Crippen molar-refractivity contribution < 1.29 is 50.0 Å². The van der Waals surface area contributed by atoms with E-state index < -0.39 is 22.4 Å². The number of benzene rings is 4. The summed E-state index contributed by atoms with van der Waals surface area (Å²) in [5.74, 6) is 0.0640. The zero-order valence-corrected chi connectivity index (χ0v) is 21.1. The summed E-state index contributed by atoms with van der Waals surface area (Å²) in [5, 5.41) is 15.6. The van der Waals surface area contributed by atoms with Crippen molar-refractivity contribution in [3.05, 3.63) is 81.8 Å². The zero-order chi connectivity index (χ0) is 26.1. The minimum Gasteiger partial charge on any atom is -1.00 e. The molecule has 0 atom stereocenters. The van der Waals surface area contributed by atoms with E-state index in [-0.39, 0.29) is 30.5 Å². The molecule has 0 unspecified atom stereocenters. The molecule has 0 saturated heterocycles. The summed E-state index contributed by atoms with van der Waals surface area (Å²) in [6, 6.07) is 12.6. The van der Waals surface area contributed by atoms with Gasteiger partial charge in [-0.1, -0.05) is 0 Å². The lowest BCUT2D eigenvalue weighted by atomic mass is 9.93. The number of hydrogen-bond acceptors (Lipinski definition) is 7. The van der Waals surface area contributed by atoms with Crippen LogP contribution in [-0.2, 0) is 13.0 Å². The molecule has 0 aliphatic carbocycles. The van der Waals surface area contributed by atoms with E-state index in [0.29, 0.717) is 17.7 Å². The summed E-state index contributed by atoms with van der Waals surface area (Å²) in [6.45, 7) is 0.877. The Morgan fingerprint density at radius 1 is 1.05 bits per heavy atom. The third-order valence-electron chi connectivity index (χ3n) is 7.13. The van der Waals surface area contributed by atoms with Crippen molar-refractivity contribution in [2.45, 2.75) is 13.0 Å². The second-order valence-corrected chi connectivity index (χ2v) is 9.10. The van der Waals surface area contributed by atoms with Gasteiger partial charge in [0.1, 0.15) is 0 Å². The highest BCUT2D eigenvalue weighted by Gasteiger charge is 2.30. The third-order valence-corrected chi connectivity index (χ3v) is 7.13. The summed E-state index contributed by atoms with van der Waals surface area (Å²) in [5.41, 5.74) is 1.25. The number of nitro benzene ring substituents is 1. The smallest absolute Gasteiger partial charge is 0.343 e. The van der Waals surface area contributed by atoms with E-state index >= 15 is 0 Å². The van der Waals surface area contributed by atoms with Crippen LogP contribution in [0.2, 0.25) is 0 Å². The summed E-state index contributed by atoms with van der Waals surface area (Å²) in [7, 11) is 1.46. The van der Waals surface area contributed by atoms with Gasteiger partial charge in [-0.2, -0.15) is 8.96 Å². The van der Waals surface area contributed by atoms with Crippen LogP contribution in [0.5, 0.6) is 23.0 Å². The van der Waals surface area contributed by atoms with Crippen molar-refractivity contribution in [2.75, 3.05) is 13.9 Å². The van der Waals surface area contributed by atoms with Gasteiger partial charge in [-0.3, -0.25) is 10.1 Å². The lowest BCUT2D eigenvalue weighted by Gasteiger charge is -2.18. The van der Waals surface area contributed by atoms with E-state index in [0.717, 1.165) is 63.2 Å². The Morgan fingerprint density at radius 3 is 2.64 bits per heavy atom. The number of fused-ring (bicyclic) bond motifs is 4. The normalized spacial score (nSPS) is 13.1. The van der Waals surface area contributed by atoms with E-state index in [1.165, 1.54) is 12.7 Å². The average Bonchev–Trinajstić information content (AvgIpc) is 3.40. The molecule has 3 heterocycles. The van der Waals surface area contributed by atoms with E-state index in [9.17, 15) is 19.3 Å². The van der Waals surface area contributed by atoms with Crippen LogP contribution < -0.4 is 35.9 Å². The number of methoxy groups -OCH3 is 1. The standard InChI is InChI=1S/C28H18FN2O7.ClH/c1-35-22-7-5-16-17-3-4-18-24-14(11-23-26(18)37-13-36-23)8-9-30(25(17)24)12-19(16)27(22)38-28(32)15-2-6-20(29)21(10-15)31(33)34;/h2-7,10-12H,8-9,13H2,1H3;1H/q+1;/p-1. The molecule has 9 nitrogen and oxygen atoms in total. The fraction of sp³-hybridized carbons (Fsp3) is 0.143. The van der Waals surface area contributed by atoms with E-state index in [1.807, 2.05) is 30.5 Å². The molecule has 0 radical (unpaired) electrons. The van der Waals surface area contributed by atoms with Crippen LogP contribution in [0.4, 0.5) is 10.1 Å². The van der Waals surface area contributed by atoms with Gasteiger partial charge in [0.25, 0.3) is 0 Å². The second kappa shape index (κ2) is 8.95. The number of rotatable bonds is 4. The van der Waals surface area contributed by atoms with E-state index in [2.05, 4.69) is 4.57 Å². The van der Waals surface area contributed by atoms with Crippen molar-refractivity contribution >= 4 is 44.1 Å². The SMILES string of the molecule is COc1ccc2c(c[n+]3c4c2ccc2c5c(cc(c24)CC3)OCO5)c1OC(=O)c1ccc(F)c([N+](=O)[O-])c1.[Cl-]. The molecule has 2 aliphatic rings. The quantitative estimate of drug-likeness (QED) is 0.0845. The first-order valence-corrected chi connectivity index (χ1v) is 11.8. The first kappa shape index (κ1) is 24.6. The summed E-state index contributed by atoms with van der Waals surface area (Å²) in [6.07, 6.45) is 2.69. The van der Waals surface area contributed by atoms with Crippen molar-refractivity contribution in [2.24, 2.45) is 0 Å². The van der Waals surface area contributed by atoms with E-state index in [1.54, 1.807) is 6.07 Å². The van der Waals surface area contributed by atoms with Gasteiger partial charge in [0.05, 0.1) is 33.8 Å².